The van der Waals surface area contributed by atoms with Crippen molar-refractivity contribution in [2.75, 3.05) is 20.8 Å². The Morgan fingerprint density at radius 3 is 2.10 bits per heavy atom. The number of hydrogen-bond acceptors (Lipinski definition) is 4. The lowest BCUT2D eigenvalue weighted by molar-refractivity contribution is 0.150. The molecule has 1 heterocycles. The second kappa shape index (κ2) is 12.9. The van der Waals surface area contributed by atoms with E-state index in [1.807, 2.05) is 12.1 Å². The monoisotopic (exact) mass is 551 g/mol. The van der Waals surface area contributed by atoms with Crippen LogP contribution in [-0.2, 0) is 19.5 Å². The summed E-state index contributed by atoms with van der Waals surface area (Å²) >= 11 is 0. The van der Waals surface area contributed by atoms with Crippen molar-refractivity contribution in [1.82, 2.24) is 14.9 Å². The molecule has 5 nitrogen and oxygen atoms in total. The normalized spacial score (nSPS) is 19.1. The summed E-state index contributed by atoms with van der Waals surface area (Å²) in [5.74, 6) is 5.12. The predicted molar refractivity (Wildman–Crippen MR) is 168 cm³/mol. The fourth-order valence-corrected chi connectivity index (χ4v) is 6.67. The molecule has 0 aliphatic heterocycles. The molecule has 5 heteroatoms. The van der Waals surface area contributed by atoms with Gasteiger partial charge in [-0.3, -0.25) is 4.90 Å². The van der Waals surface area contributed by atoms with Crippen molar-refractivity contribution in [2.24, 2.45) is 23.7 Å². The lowest BCUT2D eigenvalue weighted by Gasteiger charge is -2.39. The van der Waals surface area contributed by atoms with E-state index in [0.717, 1.165) is 54.4 Å². The maximum absolute atomic E-state index is 5.74. The molecule has 0 amide bonds. The molecule has 41 heavy (non-hydrogen) atoms. The van der Waals surface area contributed by atoms with Crippen molar-refractivity contribution in [3.05, 3.63) is 101 Å². The van der Waals surface area contributed by atoms with Gasteiger partial charge in [-0.2, -0.15) is 0 Å². The minimum absolute atomic E-state index is 0.466. The summed E-state index contributed by atoms with van der Waals surface area (Å²) in [4.78, 5) is 11.2. The van der Waals surface area contributed by atoms with Crippen LogP contribution in [0.1, 0.15) is 49.7 Å². The molecule has 1 aliphatic rings. The molecule has 0 spiro atoms. The van der Waals surface area contributed by atoms with Crippen molar-refractivity contribution in [2.45, 2.75) is 53.6 Å². The van der Waals surface area contributed by atoms with Gasteiger partial charge in [0.25, 0.3) is 0 Å². The Kier molecular flexibility index (Phi) is 9.14. The highest BCUT2D eigenvalue weighted by Gasteiger charge is 2.33. The third-order valence-electron chi connectivity index (χ3n) is 8.93. The molecule has 3 atom stereocenters. The highest BCUT2D eigenvalue weighted by atomic mass is 16.5. The van der Waals surface area contributed by atoms with Crippen LogP contribution in [0.3, 0.4) is 0 Å². The highest BCUT2D eigenvalue weighted by molar-refractivity contribution is 5.78. The number of ether oxygens (including phenoxy) is 2. The van der Waals surface area contributed by atoms with Crippen molar-refractivity contribution in [3.8, 4) is 11.5 Å². The number of para-hydroxylation sites is 3. The van der Waals surface area contributed by atoms with Crippen LogP contribution in [0.5, 0.6) is 11.5 Å². The summed E-state index contributed by atoms with van der Waals surface area (Å²) in [5.41, 5.74) is 7.37. The molecule has 3 aromatic carbocycles. The van der Waals surface area contributed by atoms with Gasteiger partial charge in [0.05, 0.1) is 25.3 Å². The van der Waals surface area contributed by atoms with Crippen LogP contribution in [0.2, 0.25) is 0 Å². The fraction of sp³-hybridized carbons (Fsp3) is 0.417. The molecule has 1 aliphatic carbocycles. The minimum Gasteiger partial charge on any atom is -0.496 e. The van der Waals surface area contributed by atoms with E-state index in [1.54, 1.807) is 14.2 Å². The number of aromatic amines is 1. The van der Waals surface area contributed by atoms with Crippen LogP contribution in [0, 0.1) is 30.6 Å². The van der Waals surface area contributed by atoms with Crippen LogP contribution >= 0.6 is 0 Å². The van der Waals surface area contributed by atoms with E-state index in [0.29, 0.717) is 23.7 Å². The Bertz CT molecular complexity index is 1440. The summed E-state index contributed by atoms with van der Waals surface area (Å²) in [6, 6.07) is 23.1. The van der Waals surface area contributed by atoms with Crippen LogP contribution in [0.25, 0.3) is 11.0 Å². The molecule has 0 fully saturated rings. The number of fused-ring (bicyclic) bond motifs is 1. The first-order chi connectivity index (χ1) is 19.9. The maximum Gasteiger partial charge on any atom is 0.123 e. The molecule has 0 radical (unpaired) electrons. The average molecular weight is 552 g/mol. The van der Waals surface area contributed by atoms with Gasteiger partial charge >= 0.3 is 0 Å². The summed E-state index contributed by atoms with van der Waals surface area (Å²) in [5, 5.41) is 0. The molecule has 4 aromatic rings. The van der Waals surface area contributed by atoms with E-state index < -0.39 is 0 Å². The second-order valence-electron chi connectivity index (χ2n) is 12.1. The zero-order chi connectivity index (χ0) is 28.9. The number of benzene rings is 3. The number of hydrogen-bond donors (Lipinski definition) is 1. The Morgan fingerprint density at radius 2 is 1.51 bits per heavy atom. The second-order valence-corrected chi connectivity index (χ2v) is 12.1. The molecule has 5 rings (SSSR count). The molecule has 0 saturated heterocycles. The van der Waals surface area contributed by atoms with Crippen LogP contribution in [0.15, 0.2) is 78.4 Å². The third-order valence-corrected chi connectivity index (χ3v) is 8.93. The number of nitrogens with zero attached hydrogens (tertiary/aromatic N) is 2. The van der Waals surface area contributed by atoms with Gasteiger partial charge in [0, 0.05) is 37.2 Å². The molecule has 0 saturated carbocycles. The van der Waals surface area contributed by atoms with Gasteiger partial charge in [-0.05, 0) is 67.7 Å². The standard InChI is InChI=1S/C36H45N3O2/c1-24(2)31-19-29(20-35-37-32-15-11-12-25(3)36(32)38-35)26(4)18-30(31)23-39(21-27-13-7-9-16-33(27)40-5)22-28-14-8-10-17-34(28)41-6/h7-18,24,29-31H,19-23H2,1-6H3,(H,37,38)/t29-,30-,31-/m0/s1. The summed E-state index contributed by atoms with van der Waals surface area (Å²) in [6.45, 7) is 11.9. The Hall–Kier alpha value is -3.57. The number of nitrogens with one attached hydrogen (secondary N) is 1. The fourth-order valence-electron chi connectivity index (χ4n) is 6.67. The highest BCUT2D eigenvalue weighted by Crippen LogP contribution is 2.40. The molecular formula is C36H45N3O2. The molecule has 1 aromatic heterocycles. The van der Waals surface area contributed by atoms with Crippen LogP contribution in [-0.4, -0.2) is 35.6 Å². The van der Waals surface area contributed by atoms with E-state index in [1.165, 1.54) is 28.7 Å². The smallest absolute Gasteiger partial charge is 0.123 e. The molecule has 216 valence electrons. The van der Waals surface area contributed by atoms with Gasteiger partial charge in [-0.25, -0.2) is 4.98 Å². The topological polar surface area (TPSA) is 50.4 Å². The zero-order valence-corrected chi connectivity index (χ0v) is 25.5. The van der Waals surface area contributed by atoms with Crippen LogP contribution < -0.4 is 9.47 Å². The van der Waals surface area contributed by atoms with E-state index >= 15 is 0 Å². The number of aromatic nitrogens is 2. The average Bonchev–Trinajstić information content (AvgIpc) is 3.39. The Balaban J connectivity index is 1.41. The van der Waals surface area contributed by atoms with Gasteiger partial charge in [0.2, 0.25) is 0 Å². The quantitative estimate of drug-likeness (QED) is 0.192. The number of aryl methyl sites for hydroxylation is 1. The predicted octanol–water partition coefficient (Wildman–Crippen LogP) is 7.99. The van der Waals surface area contributed by atoms with Gasteiger partial charge in [-0.15, -0.1) is 0 Å². The van der Waals surface area contributed by atoms with Crippen molar-refractivity contribution >= 4 is 11.0 Å². The van der Waals surface area contributed by atoms with E-state index in [4.69, 9.17) is 14.5 Å². The number of H-pyrrole nitrogens is 1. The van der Waals surface area contributed by atoms with Crippen LogP contribution in [0.4, 0.5) is 0 Å². The van der Waals surface area contributed by atoms with Crippen molar-refractivity contribution < 1.29 is 9.47 Å². The summed E-state index contributed by atoms with van der Waals surface area (Å²) < 4.78 is 11.5. The molecule has 1 N–H and O–H groups in total. The molecular weight excluding hydrogens is 506 g/mol. The third kappa shape index (κ3) is 6.68. The van der Waals surface area contributed by atoms with E-state index in [-0.39, 0.29) is 0 Å². The SMILES string of the molecule is COc1ccccc1CN(Cc1ccccc1OC)C[C@@H]1C=C(C)[C@H](Cc2nc3c(C)cccc3[nH]2)C[C@H]1C(C)C. The van der Waals surface area contributed by atoms with Gasteiger partial charge < -0.3 is 14.5 Å². The molecule has 0 unspecified atom stereocenters. The number of allylic oxidation sites excluding steroid dienone is 1. The lowest BCUT2D eigenvalue weighted by Crippen LogP contribution is -2.37. The first kappa shape index (κ1) is 28.9. The van der Waals surface area contributed by atoms with Gasteiger partial charge in [-0.1, -0.05) is 74.0 Å². The first-order valence-corrected chi connectivity index (χ1v) is 14.9. The van der Waals surface area contributed by atoms with Gasteiger partial charge in [0.1, 0.15) is 17.3 Å². The van der Waals surface area contributed by atoms with Gasteiger partial charge in [0.15, 0.2) is 0 Å². The van der Waals surface area contributed by atoms with Crippen molar-refractivity contribution in [3.63, 3.8) is 0 Å². The minimum atomic E-state index is 0.466. The number of rotatable bonds is 11. The molecule has 0 bridgehead atoms. The van der Waals surface area contributed by atoms with E-state index in [2.05, 4.69) is 98.3 Å². The maximum atomic E-state index is 5.74. The van der Waals surface area contributed by atoms with E-state index in [9.17, 15) is 0 Å². The lowest BCUT2D eigenvalue weighted by atomic mass is 9.69. The zero-order valence-electron chi connectivity index (χ0n) is 25.5. The summed E-state index contributed by atoms with van der Waals surface area (Å²) in [6.07, 6.45) is 4.71. The summed E-state index contributed by atoms with van der Waals surface area (Å²) in [7, 11) is 3.52. The Labute approximate surface area is 245 Å². The number of imidazole rings is 1. The largest absolute Gasteiger partial charge is 0.496 e. The van der Waals surface area contributed by atoms with Crippen molar-refractivity contribution in [1.29, 1.82) is 0 Å². The first-order valence-electron chi connectivity index (χ1n) is 14.9. The Morgan fingerprint density at radius 1 is 0.878 bits per heavy atom. The number of methoxy groups -OCH3 is 2.